The highest BCUT2D eigenvalue weighted by Crippen LogP contribution is 2.53. The van der Waals surface area contributed by atoms with Crippen LogP contribution in [0.4, 0.5) is 0 Å². The van der Waals surface area contributed by atoms with Gasteiger partial charge in [-0.2, -0.15) is 0 Å². The van der Waals surface area contributed by atoms with Crippen molar-refractivity contribution >= 4 is 17.7 Å². The zero-order valence-electron chi connectivity index (χ0n) is 16.3. The van der Waals surface area contributed by atoms with E-state index in [1.54, 1.807) is 4.90 Å². The van der Waals surface area contributed by atoms with E-state index in [9.17, 15) is 14.4 Å². The third-order valence-electron chi connectivity index (χ3n) is 6.70. The lowest BCUT2D eigenvalue weighted by atomic mass is 9.87. The number of hydrogen-bond acceptors (Lipinski definition) is 5. The van der Waals surface area contributed by atoms with E-state index >= 15 is 0 Å². The molecule has 28 heavy (non-hydrogen) atoms. The molecule has 0 radical (unpaired) electrons. The second kappa shape index (κ2) is 5.87. The van der Waals surface area contributed by atoms with Crippen LogP contribution < -0.4 is 0 Å². The summed E-state index contributed by atoms with van der Waals surface area (Å²) in [6, 6.07) is 9.86. The van der Waals surface area contributed by atoms with Gasteiger partial charge in [-0.05, 0) is 38.7 Å². The van der Waals surface area contributed by atoms with Gasteiger partial charge in [0.05, 0.1) is 5.92 Å². The van der Waals surface area contributed by atoms with Crippen LogP contribution in [0.25, 0.3) is 0 Å². The second-order valence-corrected chi connectivity index (χ2v) is 8.91. The summed E-state index contributed by atoms with van der Waals surface area (Å²) in [5.74, 6) is -0.890. The molecule has 3 amide bonds. The molecule has 4 aliphatic heterocycles. The van der Waals surface area contributed by atoms with Gasteiger partial charge in [-0.25, -0.2) is 10.0 Å². The minimum absolute atomic E-state index is 0.00392. The van der Waals surface area contributed by atoms with E-state index in [0.29, 0.717) is 25.9 Å². The van der Waals surface area contributed by atoms with Crippen LogP contribution in [-0.4, -0.2) is 56.6 Å². The molecule has 4 aliphatic rings. The third-order valence-corrected chi connectivity index (χ3v) is 6.70. The van der Waals surface area contributed by atoms with Gasteiger partial charge in [0.15, 0.2) is 5.72 Å². The molecule has 4 fully saturated rings. The van der Waals surface area contributed by atoms with Crippen LogP contribution in [0.3, 0.4) is 0 Å². The predicted molar refractivity (Wildman–Crippen MR) is 99.2 cm³/mol. The number of carbonyl (C=O) groups is 3. The Morgan fingerprint density at radius 3 is 2.71 bits per heavy atom. The van der Waals surface area contributed by atoms with E-state index in [4.69, 9.17) is 4.74 Å². The highest BCUT2D eigenvalue weighted by Gasteiger charge is 2.68. The van der Waals surface area contributed by atoms with Gasteiger partial charge in [-0.1, -0.05) is 30.3 Å². The maximum atomic E-state index is 13.6. The van der Waals surface area contributed by atoms with Crippen LogP contribution in [0, 0.1) is 5.92 Å². The van der Waals surface area contributed by atoms with Crippen molar-refractivity contribution < 1.29 is 19.1 Å². The molecule has 4 saturated heterocycles. The van der Waals surface area contributed by atoms with Crippen LogP contribution in [-0.2, 0) is 25.7 Å². The Hall–Kier alpha value is -2.25. The van der Waals surface area contributed by atoms with Crippen molar-refractivity contribution in [2.45, 2.75) is 63.4 Å². The fourth-order valence-corrected chi connectivity index (χ4v) is 5.36. The maximum Gasteiger partial charge on any atom is 0.254 e. The Morgan fingerprint density at radius 2 is 1.96 bits per heavy atom. The number of hydrogen-bond donors (Lipinski definition) is 0. The standard InChI is InChI=1S/C21H25N3O4/c1-20(2)12-17(25)24(23(20)13-14-7-4-3-5-8-14)18(26)15-11-16-19(27)22-10-6-9-21(15,22)28-16/h3-5,7-8,15-16H,6,9-13H2,1-2H3/t15-,16+,21-/m1/s1. The van der Waals surface area contributed by atoms with Crippen molar-refractivity contribution in [2.24, 2.45) is 5.92 Å². The third kappa shape index (κ3) is 2.32. The number of hydrazine groups is 1. The monoisotopic (exact) mass is 383 g/mol. The zero-order valence-corrected chi connectivity index (χ0v) is 16.3. The van der Waals surface area contributed by atoms with Crippen molar-refractivity contribution in [3.63, 3.8) is 0 Å². The van der Waals surface area contributed by atoms with Gasteiger partial charge < -0.3 is 9.64 Å². The molecule has 7 heteroatoms. The van der Waals surface area contributed by atoms with Gasteiger partial charge in [0.1, 0.15) is 6.10 Å². The lowest BCUT2D eigenvalue weighted by Crippen LogP contribution is -2.58. The van der Waals surface area contributed by atoms with Crippen LogP contribution >= 0.6 is 0 Å². The van der Waals surface area contributed by atoms with Crippen molar-refractivity contribution in [2.75, 3.05) is 6.54 Å². The molecular weight excluding hydrogens is 358 g/mol. The molecule has 0 unspecified atom stereocenters. The number of ether oxygens (including phenoxy) is 1. The van der Waals surface area contributed by atoms with Gasteiger partial charge in [0, 0.05) is 25.0 Å². The summed E-state index contributed by atoms with van der Waals surface area (Å²) in [6.07, 6.45) is 1.61. The minimum atomic E-state index is -0.843. The van der Waals surface area contributed by atoms with Gasteiger partial charge in [-0.3, -0.25) is 14.4 Å². The van der Waals surface area contributed by atoms with Crippen LogP contribution in [0.15, 0.2) is 30.3 Å². The van der Waals surface area contributed by atoms with Gasteiger partial charge in [-0.15, -0.1) is 0 Å². The molecule has 0 aromatic heterocycles. The molecule has 1 aromatic rings. The summed E-state index contributed by atoms with van der Waals surface area (Å²) in [6.45, 7) is 5.09. The fraction of sp³-hybridized carbons (Fsp3) is 0.571. The Kier molecular flexibility index (Phi) is 3.74. The number of fused-ring (bicyclic) bond motifs is 1. The summed E-state index contributed by atoms with van der Waals surface area (Å²) < 4.78 is 6.03. The summed E-state index contributed by atoms with van der Waals surface area (Å²) in [5, 5.41) is 3.23. The summed E-state index contributed by atoms with van der Waals surface area (Å²) in [4.78, 5) is 40.7. The first-order valence-electron chi connectivity index (χ1n) is 10.0. The molecule has 0 saturated carbocycles. The Bertz CT molecular complexity index is 854. The van der Waals surface area contributed by atoms with E-state index < -0.39 is 23.3 Å². The lowest BCUT2D eigenvalue weighted by molar-refractivity contribution is -0.173. The maximum absolute atomic E-state index is 13.6. The van der Waals surface area contributed by atoms with E-state index in [1.807, 2.05) is 49.2 Å². The molecule has 1 spiro atoms. The number of carbonyl (C=O) groups excluding carboxylic acids is 3. The zero-order chi connectivity index (χ0) is 19.7. The summed E-state index contributed by atoms with van der Waals surface area (Å²) >= 11 is 0. The Balaban J connectivity index is 1.46. The average Bonchev–Trinajstić information content (AvgIpc) is 3.36. The quantitative estimate of drug-likeness (QED) is 0.743. The number of nitrogens with zero attached hydrogens (tertiary/aromatic N) is 3. The number of amides is 3. The molecule has 0 aliphatic carbocycles. The molecule has 148 valence electrons. The second-order valence-electron chi connectivity index (χ2n) is 8.91. The molecule has 5 rings (SSSR count). The lowest BCUT2D eigenvalue weighted by Gasteiger charge is -2.40. The van der Waals surface area contributed by atoms with Crippen molar-refractivity contribution in [3.05, 3.63) is 35.9 Å². The van der Waals surface area contributed by atoms with E-state index in [-0.39, 0.29) is 24.1 Å². The minimum Gasteiger partial charge on any atom is -0.342 e. The van der Waals surface area contributed by atoms with Crippen LogP contribution in [0.5, 0.6) is 0 Å². The molecule has 2 bridgehead atoms. The van der Waals surface area contributed by atoms with E-state index in [0.717, 1.165) is 12.0 Å². The highest BCUT2D eigenvalue weighted by atomic mass is 16.6. The molecule has 1 aromatic carbocycles. The first-order chi connectivity index (χ1) is 13.3. The Morgan fingerprint density at radius 1 is 1.21 bits per heavy atom. The molecular formula is C21H25N3O4. The highest BCUT2D eigenvalue weighted by molar-refractivity contribution is 6.00. The van der Waals surface area contributed by atoms with Crippen molar-refractivity contribution in [3.8, 4) is 0 Å². The summed E-state index contributed by atoms with van der Waals surface area (Å²) in [5.41, 5.74) is -0.253. The molecule has 0 N–H and O–H groups in total. The average molecular weight is 383 g/mol. The van der Waals surface area contributed by atoms with Gasteiger partial charge >= 0.3 is 0 Å². The van der Waals surface area contributed by atoms with Crippen molar-refractivity contribution in [1.29, 1.82) is 0 Å². The van der Waals surface area contributed by atoms with E-state index in [2.05, 4.69) is 0 Å². The number of benzene rings is 1. The Labute approximate surface area is 164 Å². The first kappa shape index (κ1) is 17.8. The topological polar surface area (TPSA) is 70.2 Å². The SMILES string of the molecule is CC1(C)CC(=O)N(C(=O)[C@H]2C[C@@H]3O[C@]24CCCN4C3=O)N1Cc1ccccc1. The number of imide groups is 1. The molecule has 3 atom stereocenters. The van der Waals surface area contributed by atoms with Gasteiger partial charge in [0.25, 0.3) is 11.8 Å². The van der Waals surface area contributed by atoms with Gasteiger partial charge in [0.2, 0.25) is 5.91 Å². The van der Waals surface area contributed by atoms with Crippen molar-refractivity contribution in [1.82, 2.24) is 14.9 Å². The normalized spacial score (nSPS) is 33.8. The van der Waals surface area contributed by atoms with Crippen LogP contribution in [0.2, 0.25) is 0 Å². The predicted octanol–water partition coefficient (Wildman–Crippen LogP) is 1.68. The molecule has 7 nitrogen and oxygen atoms in total. The first-order valence-corrected chi connectivity index (χ1v) is 10.0. The fourth-order valence-electron chi connectivity index (χ4n) is 5.36. The summed E-state index contributed by atoms with van der Waals surface area (Å²) in [7, 11) is 0. The van der Waals surface area contributed by atoms with E-state index in [1.165, 1.54) is 5.01 Å². The van der Waals surface area contributed by atoms with Crippen LogP contribution in [0.1, 0.15) is 45.1 Å². The number of piperidine rings is 1. The largest absolute Gasteiger partial charge is 0.342 e. The smallest absolute Gasteiger partial charge is 0.254 e. The number of rotatable bonds is 3. The molecule has 4 heterocycles.